The van der Waals surface area contributed by atoms with Crippen molar-refractivity contribution in [3.8, 4) is 5.75 Å². The van der Waals surface area contributed by atoms with E-state index in [2.05, 4.69) is 19.2 Å². The predicted molar refractivity (Wildman–Crippen MR) is 70.1 cm³/mol. The lowest BCUT2D eigenvalue weighted by Crippen LogP contribution is -2.33. The SMILES string of the molecule is COc1ccc(CNC(CO)CC(C)C)c(F)c1. The molecule has 0 aliphatic rings. The van der Waals surface area contributed by atoms with E-state index in [9.17, 15) is 9.50 Å². The Balaban J connectivity index is 2.56. The highest BCUT2D eigenvalue weighted by Gasteiger charge is 2.10. The van der Waals surface area contributed by atoms with Crippen LogP contribution in [0.15, 0.2) is 18.2 Å². The van der Waals surface area contributed by atoms with Gasteiger partial charge in [-0.05, 0) is 18.4 Å². The van der Waals surface area contributed by atoms with Crippen LogP contribution in [0.2, 0.25) is 0 Å². The number of ether oxygens (including phenoxy) is 1. The Morgan fingerprint density at radius 3 is 2.61 bits per heavy atom. The Morgan fingerprint density at radius 2 is 2.11 bits per heavy atom. The number of benzene rings is 1. The average molecular weight is 255 g/mol. The van der Waals surface area contributed by atoms with E-state index < -0.39 is 0 Å². The van der Waals surface area contributed by atoms with Crippen molar-refractivity contribution in [2.45, 2.75) is 32.9 Å². The zero-order valence-electron chi connectivity index (χ0n) is 11.2. The van der Waals surface area contributed by atoms with Gasteiger partial charge in [-0.15, -0.1) is 0 Å². The first-order valence-corrected chi connectivity index (χ1v) is 6.23. The minimum Gasteiger partial charge on any atom is -0.497 e. The van der Waals surface area contributed by atoms with Crippen LogP contribution >= 0.6 is 0 Å². The summed E-state index contributed by atoms with van der Waals surface area (Å²) in [6, 6.07) is 4.81. The maximum Gasteiger partial charge on any atom is 0.131 e. The summed E-state index contributed by atoms with van der Waals surface area (Å²) in [5.74, 6) is 0.718. The lowest BCUT2D eigenvalue weighted by molar-refractivity contribution is 0.223. The normalized spacial score (nSPS) is 12.8. The van der Waals surface area contributed by atoms with Crippen molar-refractivity contribution in [1.82, 2.24) is 5.32 Å². The van der Waals surface area contributed by atoms with Gasteiger partial charge >= 0.3 is 0 Å². The van der Waals surface area contributed by atoms with Crippen molar-refractivity contribution in [2.75, 3.05) is 13.7 Å². The Labute approximate surface area is 108 Å². The molecule has 0 saturated carbocycles. The highest BCUT2D eigenvalue weighted by molar-refractivity contribution is 5.28. The van der Waals surface area contributed by atoms with E-state index in [1.165, 1.54) is 13.2 Å². The second-order valence-electron chi connectivity index (χ2n) is 4.85. The number of aliphatic hydroxyl groups excluding tert-OH is 1. The third kappa shape index (κ3) is 4.63. The van der Waals surface area contributed by atoms with Crippen LogP contribution < -0.4 is 10.1 Å². The number of aliphatic hydroxyl groups is 1. The highest BCUT2D eigenvalue weighted by Crippen LogP contribution is 2.16. The molecular formula is C14H22FNO2. The molecule has 0 amide bonds. The highest BCUT2D eigenvalue weighted by atomic mass is 19.1. The molecule has 3 nitrogen and oxygen atoms in total. The largest absolute Gasteiger partial charge is 0.497 e. The summed E-state index contributed by atoms with van der Waals surface area (Å²) in [7, 11) is 1.51. The molecule has 2 N–H and O–H groups in total. The molecule has 1 atom stereocenters. The minimum absolute atomic E-state index is 0.00602. The van der Waals surface area contributed by atoms with Crippen LogP contribution in [0.5, 0.6) is 5.75 Å². The molecule has 102 valence electrons. The van der Waals surface area contributed by atoms with Gasteiger partial charge in [0.05, 0.1) is 13.7 Å². The average Bonchev–Trinajstić information content (AvgIpc) is 2.35. The molecule has 0 saturated heterocycles. The Bertz CT molecular complexity index is 369. The fourth-order valence-corrected chi connectivity index (χ4v) is 1.84. The molecule has 0 radical (unpaired) electrons. The lowest BCUT2D eigenvalue weighted by atomic mass is 10.0. The maximum atomic E-state index is 13.7. The second-order valence-corrected chi connectivity index (χ2v) is 4.85. The molecule has 0 aliphatic carbocycles. The van der Waals surface area contributed by atoms with Gasteiger partial charge in [-0.3, -0.25) is 0 Å². The predicted octanol–water partition coefficient (Wildman–Crippen LogP) is 2.33. The third-order valence-electron chi connectivity index (χ3n) is 2.82. The van der Waals surface area contributed by atoms with Crippen LogP contribution in [0.3, 0.4) is 0 Å². The molecule has 0 spiro atoms. The summed E-state index contributed by atoms with van der Waals surface area (Å²) in [6.45, 7) is 4.67. The summed E-state index contributed by atoms with van der Waals surface area (Å²) in [4.78, 5) is 0. The molecule has 18 heavy (non-hydrogen) atoms. The van der Waals surface area contributed by atoms with E-state index >= 15 is 0 Å². The Kier molecular flexibility index (Phi) is 6.09. The fraction of sp³-hybridized carbons (Fsp3) is 0.571. The molecule has 0 heterocycles. The molecule has 0 fully saturated rings. The summed E-state index contributed by atoms with van der Waals surface area (Å²) in [5.41, 5.74) is 0.581. The van der Waals surface area contributed by atoms with Crippen molar-refractivity contribution in [2.24, 2.45) is 5.92 Å². The van der Waals surface area contributed by atoms with Crippen LogP contribution in [-0.2, 0) is 6.54 Å². The first-order valence-electron chi connectivity index (χ1n) is 6.23. The van der Waals surface area contributed by atoms with Crippen molar-refractivity contribution in [3.05, 3.63) is 29.6 Å². The van der Waals surface area contributed by atoms with Crippen LogP contribution in [0.4, 0.5) is 4.39 Å². The number of nitrogens with one attached hydrogen (secondary N) is 1. The topological polar surface area (TPSA) is 41.5 Å². The number of hydrogen-bond donors (Lipinski definition) is 2. The summed E-state index contributed by atoms with van der Waals surface area (Å²) in [5, 5.41) is 12.4. The monoisotopic (exact) mass is 255 g/mol. The first kappa shape index (κ1) is 14.9. The van der Waals surface area contributed by atoms with Crippen LogP contribution in [0.25, 0.3) is 0 Å². The fourth-order valence-electron chi connectivity index (χ4n) is 1.84. The van der Waals surface area contributed by atoms with Crippen molar-refractivity contribution in [3.63, 3.8) is 0 Å². The quantitative estimate of drug-likeness (QED) is 0.785. The van der Waals surface area contributed by atoms with E-state index in [0.717, 1.165) is 6.42 Å². The summed E-state index contributed by atoms with van der Waals surface area (Å²) in [6.07, 6.45) is 0.869. The van der Waals surface area contributed by atoms with Crippen LogP contribution in [0.1, 0.15) is 25.8 Å². The molecule has 1 rings (SSSR count). The second kappa shape index (κ2) is 7.34. The van der Waals surface area contributed by atoms with Gasteiger partial charge in [-0.1, -0.05) is 19.9 Å². The van der Waals surface area contributed by atoms with Gasteiger partial charge in [0.1, 0.15) is 11.6 Å². The summed E-state index contributed by atoms with van der Waals surface area (Å²) >= 11 is 0. The van der Waals surface area contributed by atoms with Gasteiger partial charge in [-0.2, -0.15) is 0 Å². The maximum absolute atomic E-state index is 13.7. The molecule has 1 aromatic rings. The van der Waals surface area contributed by atoms with Crippen molar-refractivity contribution >= 4 is 0 Å². The molecule has 4 heteroatoms. The zero-order valence-corrected chi connectivity index (χ0v) is 11.2. The minimum atomic E-state index is -0.289. The number of hydrogen-bond acceptors (Lipinski definition) is 3. The Hall–Kier alpha value is -1.13. The van der Waals surface area contributed by atoms with E-state index in [1.807, 2.05) is 0 Å². The van der Waals surface area contributed by atoms with Crippen molar-refractivity contribution in [1.29, 1.82) is 0 Å². The van der Waals surface area contributed by atoms with Gasteiger partial charge in [-0.25, -0.2) is 4.39 Å². The van der Waals surface area contributed by atoms with Gasteiger partial charge in [0, 0.05) is 24.2 Å². The van der Waals surface area contributed by atoms with E-state index in [-0.39, 0.29) is 18.5 Å². The van der Waals surface area contributed by atoms with E-state index in [1.54, 1.807) is 12.1 Å². The summed E-state index contributed by atoms with van der Waals surface area (Å²) < 4.78 is 18.6. The smallest absolute Gasteiger partial charge is 0.131 e. The third-order valence-corrected chi connectivity index (χ3v) is 2.82. The zero-order chi connectivity index (χ0) is 13.5. The van der Waals surface area contributed by atoms with Crippen LogP contribution in [0, 0.1) is 11.7 Å². The van der Waals surface area contributed by atoms with Crippen LogP contribution in [-0.4, -0.2) is 24.9 Å². The van der Waals surface area contributed by atoms with Gasteiger partial charge < -0.3 is 15.2 Å². The molecule has 0 aromatic heterocycles. The van der Waals surface area contributed by atoms with E-state index in [0.29, 0.717) is 23.8 Å². The van der Waals surface area contributed by atoms with Gasteiger partial charge in [0.15, 0.2) is 0 Å². The Morgan fingerprint density at radius 1 is 1.39 bits per heavy atom. The van der Waals surface area contributed by atoms with Gasteiger partial charge in [0.2, 0.25) is 0 Å². The standard InChI is InChI=1S/C14H22FNO2/c1-10(2)6-12(9-17)16-8-11-4-5-13(18-3)7-14(11)15/h4-5,7,10,12,16-17H,6,8-9H2,1-3H3. The first-order chi connectivity index (χ1) is 8.56. The van der Waals surface area contributed by atoms with E-state index in [4.69, 9.17) is 4.74 Å². The number of rotatable bonds is 7. The van der Waals surface area contributed by atoms with Gasteiger partial charge in [0.25, 0.3) is 0 Å². The number of methoxy groups -OCH3 is 1. The number of halogens is 1. The lowest BCUT2D eigenvalue weighted by Gasteiger charge is -2.18. The van der Waals surface area contributed by atoms with Crippen molar-refractivity contribution < 1.29 is 14.2 Å². The molecule has 0 bridgehead atoms. The molecule has 0 aliphatic heterocycles. The molecular weight excluding hydrogens is 233 g/mol. The molecule has 1 aromatic carbocycles. The molecule has 1 unspecified atom stereocenters.